The predicted octanol–water partition coefficient (Wildman–Crippen LogP) is -0.355. The number of nitrogens with zero attached hydrogens (tertiary/aromatic N) is 3. The van der Waals surface area contributed by atoms with Gasteiger partial charge in [0.1, 0.15) is 0 Å². The van der Waals surface area contributed by atoms with Gasteiger partial charge in [-0.2, -0.15) is 15.0 Å². The summed E-state index contributed by atoms with van der Waals surface area (Å²) in [7, 11) is 0. The van der Waals surface area contributed by atoms with Gasteiger partial charge in [-0.25, -0.2) is 0 Å². The van der Waals surface area contributed by atoms with Gasteiger partial charge >= 0.3 is 6.01 Å². The van der Waals surface area contributed by atoms with Crippen LogP contribution in [0.25, 0.3) is 0 Å². The molecule has 0 aromatic carbocycles. The molecule has 7 nitrogen and oxygen atoms in total. The van der Waals surface area contributed by atoms with E-state index in [1.54, 1.807) is 0 Å². The highest BCUT2D eigenvalue weighted by molar-refractivity contribution is 5.32. The van der Waals surface area contributed by atoms with Crippen molar-refractivity contribution in [3.05, 3.63) is 0 Å². The maximum Gasteiger partial charge on any atom is 0.323 e. The van der Waals surface area contributed by atoms with Crippen LogP contribution in [0.3, 0.4) is 0 Å². The molecule has 1 rings (SSSR count). The first-order chi connectivity index (χ1) is 7.11. The summed E-state index contributed by atoms with van der Waals surface area (Å²) in [5, 5.41) is 11.4. The van der Waals surface area contributed by atoms with Gasteiger partial charge in [0, 0.05) is 6.54 Å². The molecule has 0 atom stereocenters. The number of aliphatic hydroxyl groups excluding tert-OH is 1. The van der Waals surface area contributed by atoms with Gasteiger partial charge in [0.25, 0.3) is 0 Å². The van der Waals surface area contributed by atoms with Gasteiger partial charge in [-0.15, -0.1) is 0 Å². The molecule has 0 fully saturated rings. The van der Waals surface area contributed by atoms with Crippen LogP contribution in [0.4, 0.5) is 11.9 Å². The molecule has 0 amide bonds. The minimum Gasteiger partial charge on any atom is -0.461 e. The number of aliphatic hydroxyl groups is 1. The van der Waals surface area contributed by atoms with E-state index in [1.165, 1.54) is 0 Å². The minimum atomic E-state index is -0.0301. The van der Waals surface area contributed by atoms with E-state index in [4.69, 9.17) is 15.6 Å². The molecule has 0 aliphatic carbocycles. The van der Waals surface area contributed by atoms with Crippen LogP contribution in [-0.4, -0.2) is 39.3 Å². The molecule has 0 spiro atoms. The second-order valence-electron chi connectivity index (χ2n) is 3.12. The van der Waals surface area contributed by atoms with Gasteiger partial charge in [0.15, 0.2) is 0 Å². The quantitative estimate of drug-likeness (QED) is 0.613. The average Bonchev–Trinajstić information content (AvgIpc) is 2.12. The molecule has 0 saturated carbocycles. The first kappa shape index (κ1) is 11.4. The Labute approximate surface area is 87.7 Å². The third kappa shape index (κ3) is 3.94. The van der Waals surface area contributed by atoms with Crippen molar-refractivity contribution in [2.45, 2.75) is 20.0 Å². The van der Waals surface area contributed by atoms with Crippen molar-refractivity contribution in [3.8, 4) is 6.01 Å². The molecule has 84 valence electrons. The van der Waals surface area contributed by atoms with Crippen LogP contribution in [-0.2, 0) is 0 Å². The first-order valence-corrected chi connectivity index (χ1v) is 4.64. The van der Waals surface area contributed by atoms with Crippen LogP contribution in [0.1, 0.15) is 13.8 Å². The molecule has 7 heteroatoms. The molecule has 0 aliphatic rings. The van der Waals surface area contributed by atoms with Crippen molar-refractivity contribution in [3.63, 3.8) is 0 Å². The highest BCUT2D eigenvalue weighted by Crippen LogP contribution is 2.09. The van der Waals surface area contributed by atoms with E-state index < -0.39 is 0 Å². The fourth-order valence-corrected chi connectivity index (χ4v) is 0.882. The summed E-state index contributed by atoms with van der Waals surface area (Å²) in [5.41, 5.74) is 5.46. The van der Waals surface area contributed by atoms with E-state index in [1.807, 2.05) is 13.8 Å². The molecule has 0 radical (unpaired) electrons. The summed E-state index contributed by atoms with van der Waals surface area (Å²) in [4.78, 5) is 11.6. The van der Waals surface area contributed by atoms with E-state index in [0.717, 1.165) is 0 Å². The van der Waals surface area contributed by atoms with Crippen molar-refractivity contribution in [1.29, 1.82) is 0 Å². The van der Waals surface area contributed by atoms with E-state index >= 15 is 0 Å². The molecular weight excluding hydrogens is 198 g/mol. The number of nitrogen functional groups attached to an aromatic ring is 1. The smallest absolute Gasteiger partial charge is 0.323 e. The predicted molar refractivity (Wildman–Crippen MR) is 55.6 cm³/mol. The first-order valence-electron chi connectivity index (χ1n) is 4.64. The summed E-state index contributed by atoms with van der Waals surface area (Å²) < 4.78 is 5.27. The van der Waals surface area contributed by atoms with Crippen LogP contribution in [0.15, 0.2) is 0 Å². The zero-order valence-electron chi connectivity index (χ0n) is 8.77. The van der Waals surface area contributed by atoms with E-state index in [0.29, 0.717) is 12.5 Å². The molecule has 1 heterocycles. The molecule has 1 aromatic rings. The van der Waals surface area contributed by atoms with Crippen molar-refractivity contribution in [2.24, 2.45) is 0 Å². The van der Waals surface area contributed by atoms with Gasteiger partial charge in [0.05, 0.1) is 12.7 Å². The third-order valence-corrected chi connectivity index (χ3v) is 1.37. The number of aromatic nitrogens is 3. The topological polar surface area (TPSA) is 106 Å². The maximum absolute atomic E-state index is 8.62. The minimum absolute atomic E-state index is 0.00798. The molecule has 0 unspecified atom stereocenters. The SMILES string of the molecule is CC(C)Oc1nc(N)nc(NCCO)n1. The largest absolute Gasteiger partial charge is 0.461 e. The normalized spacial score (nSPS) is 10.4. The monoisotopic (exact) mass is 213 g/mol. The summed E-state index contributed by atoms with van der Waals surface area (Å²) in [6.07, 6.45) is -0.0301. The van der Waals surface area contributed by atoms with Crippen molar-refractivity contribution in [2.75, 3.05) is 24.2 Å². The lowest BCUT2D eigenvalue weighted by Gasteiger charge is -2.09. The van der Waals surface area contributed by atoms with Gasteiger partial charge in [-0.3, -0.25) is 0 Å². The number of hydrogen-bond donors (Lipinski definition) is 3. The Morgan fingerprint density at radius 1 is 1.40 bits per heavy atom. The summed E-state index contributed by atoms with van der Waals surface area (Å²) >= 11 is 0. The lowest BCUT2D eigenvalue weighted by Crippen LogP contribution is -2.14. The number of nitrogens with two attached hydrogens (primary N) is 1. The van der Waals surface area contributed by atoms with Crippen molar-refractivity contribution >= 4 is 11.9 Å². The van der Waals surface area contributed by atoms with Crippen LogP contribution < -0.4 is 15.8 Å². The Bertz CT molecular complexity index is 318. The molecule has 15 heavy (non-hydrogen) atoms. The Kier molecular flexibility index (Phi) is 4.04. The van der Waals surface area contributed by atoms with E-state index in [9.17, 15) is 0 Å². The Balaban J connectivity index is 2.75. The Morgan fingerprint density at radius 3 is 2.73 bits per heavy atom. The lowest BCUT2D eigenvalue weighted by molar-refractivity contribution is 0.222. The average molecular weight is 213 g/mol. The molecule has 0 aliphatic heterocycles. The Hall–Kier alpha value is -1.63. The van der Waals surface area contributed by atoms with E-state index in [-0.39, 0.29) is 24.7 Å². The molecule has 4 N–H and O–H groups in total. The van der Waals surface area contributed by atoms with Crippen LogP contribution >= 0.6 is 0 Å². The fraction of sp³-hybridized carbons (Fsp3) is 0.625. The number of ether oxygens (including phenoxy) is 1. The zero-order valence-corrected chi connectivity index (χ0v) is 8.77. The van der Waals surface area contributed by atoms with Gasteiger partial charge in [-0.05, 0) is 13.8 Å². The second kappa shape index (κ2) is 5.30. The van der Waals surface area contributed by atoms with Gasteiger partial charge in [0.2, 0.25) is 11.9 Å². The summed E-state index contributed by atoms with van der Waals surface area (Å²) in [6, 6.07) is 0.179. The van der Waals surface area contributed by atoms with Crippen LogP contribution in [0, 0.1) is 0 Å². The third-order valence-electron chi connectivity index (χ3n) is 1.37. The summed E-state index contributed by atoms with van der Waals surface area (Å²) in [5.74, 6) is 0.383. The lowest BCUT2D eigenvalue weighted by atomic mass is 10.5. The van der Waals surface area contributed by atoms with Gasteiger partial charge in [-0.1, -0.05) is 0 Å². The van der Waals surface area contributed by atoms with Gasteiger partial charge < -0.3 is 20.9 Å². The van der Waals surface area contributed by atoms with Crippen molar-refractivity contribution < 1.29 is 9.84 Å². The molecule has 0 bridgehead atoms. The second-order valence-corrected chi connectivity index (χ2v) is 3.12. The number of nitrogens with one attached hydrogen (secondary N) is 1. The Morgan fingerprint density at radius 2 is 2.13 bits per heavy atom. The molecular formula is C8H15N5O2. The van der Waals surface area contributed by atoms with Crippen molar-refractivity contribution in [1.82, 2.24) is 15.0 Å². The fourth-order valence-electron chi connectivity index (χ4n) is 0.882. The highest BCUT2D eigenvalue weighted by atomic mass is 16.5. The number of anilines is 2. The van der Waals surface area contributed by atoms with Crippen LogP contribution in [0.2, 0.25) is 0 Å². The number of rotatable bonds is 5. The summed E-state index contributed by atoms with van der Waals surface area (Å²) in [6.45, 7) is 4.07. The zero-order chi connectivity index (χ0) is 11.3. The molecule has 1 aromatic heterocycles. The number of hydrogen-bond acceptors (Lipinski definition) is 7. The maximum atomic E-state index is 8.62. The van der Waals surface area contributed by atoms with E-state index in [2.05, 4.69) is 20.3 Å². The highest BCUT2D eigenvalue weighted by Gasteiger charge is 2.06. The molecule has 0 saturated heterocycles. The van der Waals surface area contributed by atoms with Crippen LogP contribution in [0.5, 0.6) is 6.01 Å². The standard InChI is InChI=1S/C8H15N5O2/c1-5(2)15-8-12-6(9)11-7(13-8)10-3-4-14/h5,14H,3-4H2,1-2H3,(H3,9,10,11,12,13).